The summed E-state index contributed by atoms with van der Waals surface area (Å²) < 4.78 is 0. The van der Waals surface area contributed by atoms with Gasteiger partial charge in [-0.1, -0.05) is 39.8 Å². The zero-order valence-electron chi connectivity index (χ0n) is 10.9. The van der Waals surface area contributed by atoms with Crippen LogP contribution in [0.5, 0.6) is 0 Å². The highest BCUT2D eigenvalue weighted by molar-refractivity contribution is 5.88. The summed E-state index contributed by atoms with van der Waals surface area (Å²) in [6, 6.07) is 7.34. The molecule has 0 aliphatic carbocycles. The van der Waals surface area contributed by atoms with Crippen LogP contribution in [0.3, 0.4) is 0 Å². The molecule has 0 radical (unpaired) electrons. The highest BCUT2D eigenvalue weighted by Gasteiger charge is 2.14. The molecule has 3 nitrogen and oxygen atoms in total. The van der Waals surface area contributed by atoms with E-state index in [1.165, 1.54) is 5.56 Å². The van der Waals surface area contributed by atoms with Crippen LogP contribution in [-0.4, -0.2) is 12.6 Å². The van der Waals surface area contributed by atoms with E-state index >= 15 is 0 Å². The van der Waals surface area contributed by atoms with E-state index in [0.717, 1.165) is 6.42 Å². The largest absolute Gasteiger partial charge is 0.373 e. The summed E-state index contributed by atoms with van der Waals surface area (Å²) in [4.78, 5) is 21.2. The van der Waals surface area contributed by atoms with Crippen LogP contribution < -0.4 is 0 Å². The van der Waals surface area contributed by atoms with E-state index in [0.29, 0.717) is 12.2 Å². The highest BCUT2D eigenvalue weighted by Crippen LogP contribution is 2.14. The Bertz CT molecular complexity index is 360. The van der Waals surface area contributed by atoms with Gasteiger partial charge in [0.2, 0.25) is 0 Å². The first-order valence-electron chi connectivity index (χ1n) is 5.85. The van der Waals surface area contributed by atoms with Crippen LogP contribution in [0.1, 0.15) is 43.6 Å². The number of hydrogen-bond donors (Lipinski definition) is 0. The molecule has 1 aromatic carbocycles. The second-order valence-electron chi connectivity index (χ2n) is 5.24. The van der Waals surface area contributed by atoms with Gasteiger partial charge in [0, 0.05) is 0 Å². The average Bonchev–Trinajstić information content (AvgIpc) is 2.27. The van der Waals surface area contributed by atoms with Gasteiger partial charge in [-0.3, -0.25) is 4.89 Å². The molecule has 0 bridgehead atoms. The van der Waals surface area contributed by atoms with Crippen LogP contribution in [0, 0.1) is 5.41 Å². The standard InChI is InChI=1S/C14H20O3/c1-5-11-6-8-12(9-7-11)13(15)17-16-10-14(2,3)4/h6-9H,5,10H2,1-4H3. The summed E-state index contributed by atoms with van der Waals surface area (Å²) in [7, 11) is 0. The molecule has 1 rings (SSSR count). The molecule has 0 heterocycles. The molecular weight excluding hydrogens is 216 g/mol. The van der Waals surface area contributed by atoms with Crippen molar-refractivity contribution in [1.29, 1.82) is 0 Å². The number of aryl methyl sites for hydroxylation is 1. The lowest BCUT2D eigenvalue weighted by Crippen LogP contribution is -2.17. The minimum Gasteiger partial charge on any atom is -0.293 e. The Morgan fingerprint density at radius 3 is 2.24 bits per heavy atom. The molecule has 0 fully saturated rings. The van der Waals surface area contributed by atoms with E-state index in [1.807, 2.05) is 32.9 Å². The minimum atomic E-state index is -0.447. The Morgan fingerprint density at radius 1 is 1.18 bits per heavy atom. The van der Waals surface area contributed by atoms with Gasteiger partial charge in [0.05, 0.1) is 12.2 Å². The lowest BCUT2D eigenvalue weighted by Gasteiger charge is -2.16. The first kappa shape index (κ1) is 13.7. The molecule has 1 aromatic rings. The van der Waals surface area contributed by atoms with Crippen LogP contribution in [0.25, 0.3) is 0 Å². The van der Waals surface area contributed by atoms with Crippen molar-refractivity contribution in [3.8, 4) is 0 Å². The lowest BCUT2D eigenvalue weighted by atomic mass is 9.99. The first-order chi connectivity index (χ1) is 7.92. The number of carbonyl (C=O) groups is 1. The third-order valence-corrected chi connectivity index (χ3v) is 2.22. The number of rotatable bonds is 4. The summed E-state index contributed by atoms with van der Waals surface area (Å²) in [6.07, 6.45) is 0.954. The van der Waals surface area contributed by atoms with Gasteiger partial charge in [-0.2, -0.15) is 4.89 Å². The van der Waals surface area contributed by atoms with Gasteiger partial charge in [0.25, 0.3) is 0 Å². The molecule has 0 aliphatic heterocycles. The quantitative estimate of drug-likeness (QED) is 0.594. The number of carbonyl (C=O) groups excluding carboxylic acids is 1. The second kappa shape index (κ2) is 5.82. The van der Waals surface area contributed by atoms with E-state index in [-0.39, 0.29) is 5.41 Å². The van der Waals surface area contributed by atoms with Gasteiger partial charge in [-0.25, -0.2) is 4.79 Å². The molecule has 0 atom stereocenters. The van der Waals surface area contributed by atoms with Crippen LogP contribution in [0.2, 0.25) is 0 Å². The molecule has 0 saturated heterocycles. The topological polar surface area (TPSA) is 35.5 Å². The molecule has 17 heavy (non-hydrogen) atoms. The molecule has 0 aromatic heterocycles. The monoisotopic (exact) mass is 236 g/mol. The Kier molecular flexibility index (Phi) is 4.70. The normalized spacial score (nSPS) is 11.3. The maximum atomic E-state index is 11.6. The first-order valence-corrected chi connectivity index (χ1v) is 5.85. The average molecular weight is 236 g/mol. The third-order valence-electron chi connectivity index (χ3n) is 2.22. The minimum absolute atomic E-state index is 0.0215. The summed E-state index contributed by atoms with van der Waals surface area (Å²) >= 11 is 0. The van der Waals surface area contributed by atoms with Crippen LogP contribution >= 0.6 is 0 Å². The molecule has 94 valence electrons. The lowest BCUT2D eigenvalue weighted by molar-refractivity contribution is -0.255. The zero-order valence-corrected chi connectivity index (χ0v) is 10.9. The Labute approximate surface area is 103 Å². The smallest absolute Gasteiger partial charge is 0.293 e. The summed E-state index contributed by atoms with van der Waals surface area (Å²) in [5.41, 5.74) is 1.68. The Hall–Kier alpha value is -1.35. The van der Waals surface area contributed by atoms with Gasteiger partial charge in [-0.15, -0.1) is 0 Å². The fourth-order valence-electron chi connectivity index (χ4n) is 1.18. The van der Waals surface area contributed by atoms with E-state index in [2.05, 4.69) is 6.92 Å². The van der Waals surface area contributed by atoms with Crippen molar-refractivity contribution in [2.45, 2.75) is 34.1 Å². The van der Waals surface area contributed by atoms with Crippen molar-refractivity contribution in [1.82, 2.24) is 0 Å². The molecular formula is C14H20O3. The zero-order chi connectivity index (χ0) is 12.9. The van der Waals surface area contributed by atoms with Gasteiger partial charge in [0.15, 0.2) is 0 Å². The fraction of sp³-hybridized carbons (Fsp3) is 0.500. The molecule has 0 aliphatic rings. The van der Waals surface area contributed by atoms with Crippen molar-refractivity contribution in [3.05, 3.63) is 35.4 Å². The van der Waals surface area contributed by atoms with Gasteiger partial charge in [-0.05, 0) is 29.5 Å². The van der Waals surface area contributed by atoms with Crippen LogP contribution in [0.4, 0.5) is 0 Å². The van der Waals surface area contributed by atoms with Crippen LogP contribution in [0.15, 0.2) is 24.3 Å². The molecule has 0 saturated carbocycles. The van der Waals surface area contributed by atoms with E-state index in [1.54, 1.807) is 12.1 Å². The highest BCUT2D eigenvalue weighted by atomic mass is 17.2. The Balaban J connectivity index is 2.47. The van der Waals surface area contributed by atoms with E-state index < -0.39 is 5.97 Å². The van der Waals surface area contributed by atoms with Crippen molar-refractivity contribution in [2.75, 3.05) is 6.61 Å². The van der Waals surface area contributed by atoms with Crippen molar-refractivity contribution >= 4 is 5.97 Å². The number of hydrogen-bond acceptors (Lipinski definition) is 3. The molecule has 0 spiro atoms. The van der Waals surface area contributed by atoms with Crippen molar-refractivity contribution in [2.24, 2.45) is 5.41 Å². The van der Waals surface area contributed by atoms with Crippen molar-refractivity contribution in [3.63, 3.8) is 0 Å². The third kappa shape index (κ3) is 5.00. The fourth-order valence-corrected chi connectivity index (χ4v) is 1.18. The predicted molar refractivity (Wildman–Crippen MR) is 66.6 cm³/mol. The summed E-state index contributed by atoms with van der Waals surface area (Å²) in [5.74, 6) is -0.447. The molecule has 0 N–H and O–H groups in total. The van der Waals surface area contributed by atoms with Crippen molar-refractivity contribution < 1.29 is 14.6 Å². The van der Waals surface area contributed by atoms with E-state index in [9.17, 15) is 4.79 Å². The maximum absolute atomic E-state index is 11.6. The summed E-state index contributed by atoms with van der Waals surface area (Å²) in [6.45, 7) is 8.48. The van der Waals surface area contributed by atoms with Crippen LogP contribution in [-0.2, 0) is 16.2 Å². The van der Waals surface area contributed by atoms with E-state index in [4.69, 9.17) is 9.78 Å². The number of benzene rings is 1. The maximum Gasteiger partial charge on any atom is 0.373 e. The molecule has 0 unspecified atom stereocenters. The Morgan fingerprint density at radius 2 is 1.76 bits per heavy atom. The molecule has 0 amide bonds. The van der Waals surface area contributed by atoms with Gasteiger partial charge in [0.1, 0.15) is 0 Å². The van der Waals surface area contributed by atoms with Gasteiger partial charge >= 0.3 is 5.97 Å². The van der Waals surface area contributed by atoms with Gasteiger partial charge < -0.3 is 0 Å². The predicted octanol–water partition coefficient (Wildman–Crippen LogP) is 3.38. The SMILES string of the molecule is CCc1ccc(C(=O)OOCC(C)(C)C)cc1. The molecule has 3 heteroatoms. The second-order valence-corrected chi connectivity index (χ2v) is 5.24. The summed E-state index contributed by atoms with van der Waals surface area (Å²) in [5, 5.41) is 0.